The second-order valence-corrected chi connectivity index (χ2v) is 6.76. The van der Waals surface area contributed by atoms with Crippen LogP contribution >= 0.6 is 0 Å². The summed E-state index contributed by atoms with van der Waals surface area (Å²) in [5.41, 5.74) is 1.62. The zero-order valence-corrected chi connectivity index (χ0v) is 16.9. The highest BCUT2D eigenvalue weighted by Crippen LogP contribution is 2.36. The minimum atomic E-state index is -0.538. The average Bonchev–Trinajstić information content (AvgIpc) is 3.04. The van der Waals surface area contributed by atoms with Gasteiger partial charge in [-0.05, 0) is 29.8 Å². The van der Waals surface area contributed by atoms with Crippen molar-refractivity contribution in [1.82, 2.24) is 0 Å². The molecule has 1 aliphatic rings. The van der Waals surface area contributed by atoms with Gasteiger partial charge < -0.3 is 14.8 Å². The number of carbonyl (C=O) groups excluding carboxylic acids is 2. The molecule has 3 aromatic rings. The van der Waals surface area contributed by atoms with Crippen molar-refractivity contribution >= 4 is 28.8 Å². The van der Waals surface area contributed by atoms with Crippen molar-refractivity contribution in [2.45, 2.75) is 0 Å². The second-order valence-electron chi connectivity index (χ2n) is 6.76. The van der Waals surface area contributed by atoms with Crippen molar-refractivity contribution < 1.29 is 23.5 Å². The summed E-state index contributed by atoms with van der Waals surface area (Å²) in [4.78, 5) is 27.9. The second kappa shape index (κ2) is 8.31. The minimum absolute atomic E-state index is 0.101. The smallest absolute Gasteiger partial charge is 0.282 e. The number of hydrogen-bond acceptors (Lipinski definition) is 5. The number of imide groups is 1. The Labute approximate surface area is 178 Å². The van der Waals surface area contributed by atoms with E-state index in [2.05, 4.69) is 5.32 Å². The van der Waals surface area contributed by atoms with Crippen LogP contribution < -0.4 is 19.7 Å². The van der Waals surface area contributed by atoms with Gasteiger partial charge in [-0.25, -0.2) is 9.29 Å². The van der Waals surface area contributed by atoms with Gasteiger partial charge in [-0.1, -0.05) is 30.3 Å². The average molecular weight is 418 g/mol. The molecular formula is C24H19FN2O4. The number of methoxy groups -OCH3 is 2. The van der Waals surface area contributed by atoms with Gasteiger partial charge in [0.2, 0.25) is 0 Å². The van der Waals surface area contributed by atoms with Crippen LogP contribution in [0.3, 0.4) is 0 Å². The molecule has 0 atom stereocenters. The normalized spacial score (nSPS) is 13.6. The molecule has 0 saturated heterocycles. The lowest BCUT2D eigenvalue weighted by molar-refractivity contribution is -0.120. The first-order valence-electron chi connectivity index (χ1n) is 9.46. The molecule has 0 radical (unpaired) electrons. The Morgan fingerprint density at radius 2 is 1.42 bits per heavy atom. The molecule has 0 bridgehead atoms. The molecule has 0 saturated carbocycles. The Hall–Kier alpha value is -4.13. The van der Waals surface area contributed by atoms with Gasteiger partial charge in [0.25, 0.3) is 11.8 Å². The molecular weight excluding hydrogens is 399 g/mol. The highest BCUT2D eigenvalue weighted by atomic mass is 19.1. The monoisotopic (exact) mass is 418 g/mol. The maximum absolute atomic E-state index is 13.5. The molecule has 156 valence electrons. The van der Waals surface area contributed by atoms with Gasteiger partial charge in [0.05, 0.1) is 25.5 Å². The van der Waals surface area contributed by atoms with E-state index >= 15 is 0 Å². The SMILES string of the molecule is COc1cc(OC)cc(N2C(=O)C(Nc3ccccc3)=C(c3ccc(F)cc3)C2=O)c1. The van der Waals surface area contributed by atoms with Crippen molar-refractivity contribution in [2.24, 2.45) is 0 Å². The number of hydrogen-bond donors (Lipinski definition) is 1. The zero-order valence-electron chi connectivity index (χ0n) is 16.9. The van der Waals surface area contributed by atoms with Crippen LogP contribution in [0.25, 0.3) is 5.57 Å². The third-order valence-corrected chi connectivity index (χ3v) is 4.85. The molecule has 0 unspecified atom stereocenters. The molecule has 1 aliphatic heterocycles. The van der Waals surface area contributed by atoms with Gasteiger partial charge in [0, 0.05) is 23.9 Å². The predicted octanol–water partition coefficient (Wildman–Crippen LogP) is 4.24. The van der Waals surface area contributed by atoms with Crippen LogP contribution in [0.4, 0.5) is 15.8 Å². The fraction of sp³-hybridized carbons (Fsp3) is 0.0833. The summed E-state index contributed by atoms with van der Waals surface area (Å²) in [5, 5.41) is 3.05. The highest BCUT2D eigenvalue weighted by Gasteiger charge is 2.40. The fourth-order valence-electron chi connectivity index (χ4n) is 3.35. The summed E-state index contributed by atoms with van der Waals surface area (Å²) >= 11 is 0. The van der Waals surface area contributed by atoms with Crippen LogP contribution in [0.2, 0.25) is 0 Å². The number of amides is 2. The Morgan fingerprint density at radius 3 is 2.00 bits per heavy atom. The van der Waals surface area contributed by atoms with E-state index in [1.54, 1.807) is 30.3 Å². The van der Waals surface area contributed by atoms with E-state index < -0.39 is 17.6 Å². The van der Waals surface area contributed by atoms with Crippen LogP contribution in [-0.2, 0) is 9.59 Å². The summed E-state index contributed by atoms with van der Waals surface area (Å²) < 4.78 is 24.0. The van der Waals surface area contributed by atoms with E-state index in [9.17, 15) is 14.0 Å². The number of benzene rings is 3. The lowest BCUT2D eigenvalue weighted by Crippen LogP contribution is -2.32. The van der Waals surface area contributed by atoms with Crippen molar-refractivity contribution in [3.63, 3.8) is 0 Å². The fourth-order valence-corrected chi connectivity index (χ4v) is 3.35. The van der Waals surface area contributed by atoms with E-state index in [1.165, 1.54) is 38.5 Å². The summed E-state index contributed by atoms with van der Waals surface area (Å²) in [6.07, 6.45) is 0. The van der Waals surface area contributed by atoms with Crippen LogP contribution in [-0.4, -0.2) is 26.0 Å². The number of nitrogens with one attached hydrogen (secondary N) is 1. The number of rotatable bonds is 6. The van der Waals surface area contributed by atoms with Gasteiger partial charge >= 0.3 is 0 Å². The summed E-state index contributed by atoms with van der Waals surface area (Å²) in [5.74, 6) is -0.646. The third-order valence-electron chi connectivity index (χ3n) is 4.85. The standard InChI is InChI=1S/C24H19FN2O4/c1-30-19-12-18(13-20(14-19)31-2)27-23(28)21(15-8-10-16(25)11-9-15)22(24(27)29)26-17-6-4-3-5-7-17/h3-14,26H,1-2H3. The van der Waals surface area contributed by atoms with E-state index in [0.29, 0.717) is 28.4 Å². The molecule has 0 spiro atoms. The molecule has 2 amide bonds. The Balaban J connectivity index is 1.83. The van der Waals surface area contributed by atoms with Crippen molar-refractivity contribution in [3.05, 3.63) is 89.9 Å². The maximum atomic E-state index is 13.5. The third kappa shape index (κ3) is 3.85. The Morgan fingerprint density at radius 1 is 0.806 bits per heavy atom. The Kier molecular flexibility index (Phi) is 5.41. The number of anilines is 2. The molecule has 4 rings (SSSR count). The number of carbonyl (C=O) groups is 2. The maximum Gasteiger partial charge on any atom is 0.282 e. The number of para-hydroxylation sites is 1. The predicted molar refractivity (Wildman–Crippen MR) is 115 cm³/mol. The molecule has 7 heteroatoms. The summed E-state index contributed by atoms with van der Waals surface area (Å²) in [6.45, 7) is 0. The number of halogens is 1. The molecule has 6 nitrogen and oxygen atoms in total. The minimum Gasteiger partial charge on any atom is -0.497 e. The lowest BCUT2D eigenvalue weighted by atomic mass is 10.0. The van der Waals surface area contributed by atoms with E-state index in [1.807, 2.05) is 18.2 Å². The van der Waals surface area contributed by atoms with Crippen molar-refractivity contribution in [3.8, 4) is 11.5 Å². The number of ether oxygens (including phenoxy) is 2. The van der Waals surface area contributed by atoms with Gasteiger partial charge in [-0.3, -0.25) is 9.59 Å². The zero-order chi connectivity index (χ0) is 22.0. The van der Waals surface area contributed by atoms with Crippen LogP contribution in [0.15, 0.2) is 78.5 Å². The van der Waals surface area contributed by atoms with E-state index in [4.69, 9.17) is 9.47 Å². The quantitative estimate of drug-likeness (QED) is 0.607. The van der Waals surface area contributed by atoms with Gasteiger partial charge in [0.15, 0.2) is 0 Å². The molecule has 31 heavy (non-hydrogen) atoms. The number of nitrogens with zero attached hydrogens (tertiary/aromatic N) is 1. The van der Waals surface area contributed by atoms with Crippen LogP contribution in [0, 0.1) is 5.82 Å². The molecule has 0 aromatic heterocycles. The van der Waals surface area contributed by atoms with Gasteiger partial charge in [0.1, 0.15) is 23.0 Å². The molecule has 0 aliphatic carbocycles. The largest absolute Gasteiger partial charge is 0.497 e. The van der Waals surface area contributed by atoms with Crippen LogP contribution in [0.1, 0.15) is 5.56 Å². The first-order valence-corrected chi connectivity index (χ1v) is 9.46. The lowest BCUT2D eigenvalue weighted by Gasteiger charge is -2.17. The van der Waals surface area contributed by atoms with Gasteiger partial charge in [-0.15, -0.1) is 0 Å². The van der Waals surface area contributed by atoms with E-state index in [0.717, 1.165) is 4.90 Å². The molecule has 1 N–H and O–H groups in total. The summed E-state index contributed by atoms with van der Waals surface area (Å²) in [7, 11) is 2.97. The van der Waals surface area contributed by atoms with Crippen molar-refractivity contribution in [1.29, 1.82) is 0 Å². The van der Waals surface area contributed by atoms with Crippen molar-refractivity contribution in [2.75, 3.05) is 24.4 Å². The van der Waals surface area contributed by atoms with Crippen LogP contribution in [0.5, 0.6) is 11.5 Å². The molecule has 0 fully saturated rings. The topological polar surface area (TPSA) is 67.9 Å². The molecule has 1 heterocycles. The first-order chi connectivity index (χ1) is 15.0. The molecule has 3 aromatic carbocycles. The highest BCUT2D eigenvalue weighted by molar-refractivity contribution is 6.46. The van der Waals surface area contributed by atoms with E-state index in [-0.39, 0.29) is 11.3 Å². The Bertz CT molecular complexity index is 1150. The summed E-state index contributed by atoms with van der Waals surface area (Å²) in [6, 6.07) is 19.3. The van der Waals surface area contributed by atoms with Gasteiger partial charge in [-0.2, -0.15) is 0 Å². The first kappa shape index (κ1) is 20.2.